The van der Waals surface area contributed by atoms with Crippen LogP contribution in [0, 0.1) is 5.41 Å². The third-order valence-corrected chi connectivity index (χ3v) is 10.8. The Morgan fingerprint density at radius 2 is 1.49 bits per heavy atom. The average Bonchev–Trinajstić information content (AvgIpc) is 3.56. The fourth-order valence-electron chi connectivity index (χ4n) is 6.42. The summed E-state index contributed by atoms with van der Waals surface area (Å²) in [7, 11) is -3.75. The highest BCUT2D eigenvalue weighted by Gasteiger charge is 2.28. The lowest BCUT2D eigenvalue weighted by atomic mass is 9.87. The Bertz CT molecular complexity index is 1530. The summed E-state index contributed by atoms with van der Waals surface area (Å²) in [6.07, 6.45) is 22.2. The number of aryl methyl sites for hydroxylation is 2. The van der Waals surface area contributed by atoms with Crippen molar-refractivity contribution in [1.82, 2.24) is 14.3 Å². The number of hydrogen-bond acceptors (Lipinski definition) is 5. The van der Waals surface area contributed by atoms with Crippen molar-refractivity contribution in [2.24, 2.45) is 5.41 Å². The van der Waals surface area contributed by atoms with E-state index in [0.717, 1.165) is 31.4 Å². The second kappa shape index (κ2) is 22.0. The van der Waals surface area contributed by atoms with Crippen LogP contribution in [0.4, 0.5) is 5.69 Å². The third-order valence-electron chi connectivity index (χ3n) is 9.28. The molecule has 2 N–H and O–H groups in total. The lowest BCUT2D eigenvalue weighted by molar-refractivity contribution is -0.120. The molecule has 0 spiro atoms. The standard InChI is InChI=1S/C42H66N4O4S/c1-7-9-10-11-12-13-14-15-16-17-18-20-23-34(3)50-40-29-28-37(51(48,49)44-8-2)30-38(40)45-41(47)39(31-42(4,5)6)46-32-36(43-33-46)27-26-35-24-21-19-22-25-35/h19,21-22,24-25,28-30,32-34,39,44H,7-18,20,23,26-27,31H2,1-6H3,(H,45,47). The van der Waals surface area contributed by atoms with E-state index in [0.29, 0.717) is 17.9 Å². The van der Waals surface area contributed by atoms with E-state index in [1.807, 2.05) is 35.9 Å². The Morgan fingerprint density at radius 1 is 0.863 bits per heavy atom. The molecule has 0 saturated carbocycles. The first-order chi connectivity index (χ1) is 24.4. The number of carbonyl (C=O) groups excluding carboxylic acids is 1. The summed E-state index contributed by atoms with van der Waals surface area (Å²) in [6, 6.07) is 14.5. The summed E-state index contributed by atoms with van der Waals surface area (Å²) in [5.41, 5.74) is 2.35. The maximum absolute atomic E-state index is 14.1. The van der Waals surface area contributed by atoms with Gasteiger partial charge in [-0.05, 0) is 68.2 Å². The van der Waals surface area contributed by atoms with E-state index < -0.39 is 16.1 Å². The summed E-state index contributed by atoms with van der Waals surface area (Å²) in [5, 5.41) is 3.07. The number of nitrogens with one attached hydrogen (secondary N) is 2. The predicted molar refractivity (Wildman–Crippen MR) is 211 cm³/mol. The number of hydrogen-bond donors (Lipinski definition) is 2. The first-order valence-electron chi connectivity index (χ1n) is 19.6. The Kier molecular flexibility index (Phi) is 18.2. The first-order valence-corrected chi connectivity index (χ1v) is 21.1. The lowest BCUT2D eigenvalue weighted by Crippen LogP contribution is -2.29. The van der Waals surface area contributed by atoms with Gasteiger partial charge in [0.1, 0.15) is 11.8 Å². The van der Waals surface area contributed by atoms with Gasteiger partial charge in [0.15, 0.2) is 0 Å². The third kappa shape index (κ3) is 15.9. The van der Waals surface area contributed by atoms with E-state index in [1.165, 1.54) is 82.3 Å². The van der Waals surface area contributed by atoms with Gasteiger partial charge in [-0.25, -0.2) is 18.1 Å². The topological polar surface area (TPSA) is 102 Å². The fourth-order valence-corrected chi connectivity index (χ4v) is 7.49. The minimum absolute atomic E-state index is 0.0822. The highest BCUT2D eigenvalue weighted by molar-refractivity contribution is 7.89. The number of benzene rings is 2. The maximum Gasteiger partial charge on any atom is 0.247 e. The molecule has 1 aromatic heterocycles. The molecular formula is C42H66N4O4S. The molecule has 284 valence electrons. The molecule has 0 aliphatic heterocycles. The van der Waals surface area contributed by atoms with Crippen molar-refractivity contribution in [3.8, 4) is 5.75 Å². The number of anilines is 1. The van der Waals surface area contributed by atoms with Crippen molar-refractivity contribution in [1.29, 1.82) is 0 Å². The largest absolute Gasteiger partial charge is 0.489 e. The Labute approximate surface area is 309 Å². The molecule has 8 nitrogen and oxygen atoms in total. The Balaban J connectivity index is 1.66. The van der Waals surface area contributed by atoms with Crippen LogP contribution in [0.5, 0.6) is 5.75 Å². The molecule has 2 aromatic carbocycles. The SMILES string of the molecule is CCCCCCCCCCCCCCC(C)Oc1ccc(S(=O)(=O)NCC)cc1NC(=O)C(CC(C)(C)C)n1cnc(CCc2ccccc2)c1. The second-order valence-electron chi connectivity index (χ2n) is 15.3. The normalized spacial score (nSPS) is 13.2. The number of amides is 1. The molecule has 0 radical (unpaired) electrons. The van der Waals surface area contributed by atoms with E-state index in [2.05, 4.69) is 54.9 Å². The molecule has 0 bridgehead atoms. The summed E-state index contributed by atoms with van der Waals surface area (Å²) in [5.74, 6) is 0.224. The van der Waals surface area contributed by atoms with Crippen LogP contribution in [0.25, 0.3) is 0 Å². The summed E-state index contributed by atoms with van der Waals surface area (Å²) in [6.45, 7) is 12.6. The maximum atomic E-state index is 14.1. The average molecular weight is 723 g/mol. The van der Waals surface area contributed by atoms with Crippen molar-refractivity contribution in [3.05, 3.63) is 72.3 Å². The molecule has 51 heavy (non-hydrogen) atoms. The Morgan fingerprint density at radius 3 is 2.10 bits per heavy atom. The molecule has 2 unspecified atom stereocenters. The van der Waals surface area contributed by atoms with Crippen LogP contribution in [0.15, 0.2) is 66.0 Å². The highest BCUT2D eigenvalue weighted by Crippen LogP contribution is 2.33. The van der Waals surface area contributed by atoms with Crippen molar-refractivity contribution < 1.29 is 17.9 Å². The number of imidazole rings is 1. The van der Waals surface area contributed by atoms with Gasteiger partial charge in [-0.3, -0.25) is 4.79 Å². The zero-order chi connectivity index (χ0) is 37.1. The Hall–Kier alpha value is -3.17. The van der Waals surface area contributed by atoms with E-state index in [4.69, 9.17) is 4.74 Å². The van der Waals surface area contributed by atoms with Gasteiger partial charge in [0.25, 0.3) is 0 Å². The van der Waals surface area contributed by atoms with Crippen LogP contribution in [-0.2, 0) is 27.7 Å². The van der Waals surface area contributed by atoms with Gasteiger partial charge in [-0.1, -0.05) is 136 Å². The van der Waals surface area contributed by atoms with E-state index in [-0.39, 0.29) is 28.9 Å². The van der Waals surface area contributed by atoms with Crippen molar-refractivity contribution in [3.63, 3.8) is 0 Å². The molecule has 2 atom stereocenters. The fraction of sp³-hybridized carbons (Fsp3) is 0.619. The molecule has 1 amide bonds. The van der Waals surface area contributed by atoms with Crippen LogP contribution < -0.4 is 14.8 Å². The number of rotatable bonds is 25. The molecule has 0 aliphatic rings. The molecule has 3 rings (SSSR count). The second-order valence-corrected chi connectivity index (χ2v) is 17.1. The number of carbonyl (C=O) groups is 1. The monoisotopic (exact) mass is 722 g/mol. The number of sulfonamides is 1. The smallest absolute Gasteiger partial charge is 0.247 e. The van der Waals surface area contributed by atoms with E-state index >= 15 is 0 Å². The zero-order valence-corrected chi connectivity index (χ0v) is 33.2. The van der Waals surface area contributed by atoms with Gasteiger partial charge < -0.3 is 14.6 Å². The quantitative estimate of drug-likeness (QED) is 0.0848. The van der Waals surface area contributed by atoms with Crippen molar-refractivity contribution in [2.45, 2.75) is 161 Å². The van der Waals surface area contributed by atoms with Crippen molar-refractivity contribution >= 4 is 21.6 Å². The minimum atomic E-state index is -3.75. The molecular weight excluding hydrogens is 657 g/mol. The number of ether oxygens (including phenoxy) is 1. The van der Waals surface area contributed by atoms with Gasteiger partial charge >= 0.3 is 0 Å². The van der Waals surface area contributed by atoms with Crippen LogP contribution in [0.1, 0.15) is 149 Å². The molecule has 3 aromatic rings. The van der Waals surface area contributed by atoms with Crippen LogP contribution in [-0.4, -0.2) is 36.5 Å². The minimum Gasteiger partial charge on any atom is -0.489 e. The number of unbranched alkanes of at least 4 members (excludes halogenated alkanes) is 11. The van der Waals surface area contributed by atoms with Crippen LogP contribution in [0.3, 0.4) is 0 Å². The molecule has 0 saturated heterocycles. The number of nitrogens with zero attached hydrogens (tertiary/aromatic N) is 2. The zero-order valence-electron chi connectivity index (χ0n) is 32.4. The van der Waals surface area contributed by atoms with E-state index in [9.17, 15) is 13.2 Å². The summed E-state index contributed by atoms with van der Waals surface area (Å²) in [4.78, 5) is 18.8. The van der Waals surface area contributed by atoms with Crippen LogP contribution >= 0.6 is 0 Å². The van der Waals surface area contributed by atoms with E-state index in [1.54, 1.807) is 25.4 Å². The van der Waals surface area contributed by atoms with Gasteiger partial charge in [0.05, 0.1) is 28.7 Å². The van der Waals surface area contributed by atoms with Crippen LogP contribution in [0.2, 0.25) is 0 Å². The molecule has 0 aliphatic carbocycles. The van der Waals surface area contributed by atoms with Gasteiger partial charge in [-0.15, -0.1) is 0 Å². The number of aromatic nitrogens is 2. The van der Waals surface area contributed by atoms with Gasteiger partial charge in [-0.2, -0.15) is 0 Å². The summed E-state index contributed by atoms with van der Waals surface area (Å²) >= 11 is 0. The predicted octanol–water partition coefficient (Wildman–Crippen LogP) is 10.4. The molecule has 1 heterocycles. The molecule has 9 heteroatoms. The molecule has 0 fully saturated rings. The summed E-state index contributed by atoms with van der Waals surface area (Å²) < 4.78 is 36.8. The van der Waals surface area contributed by atoms with Crippen molar-refractivity contribution in [2.75, 3.05) is 11.9 Å². The van der Waals surface area contributed by atoms with Gasteiger partial charge in [0.2, 0.25) is 15.9 Å². The van der Waals surface area contributed by atoms with Gasteiger partial charge in [0, 0.05) is 12.7 Å². The highest BCUT2D eigenvalue weighted by atomic mass is 32.2. The first kappa shape index (κ1) is 42.2. The lowest BCUT2D eigenvalue weighted by Gasteiger charge is -2.27.